The van der Waals surface area contributed by atoms with E-state index in [2.05, 4.69) is 4.98 Å². The molecule has 2 aromatic rings. The number of rotatable bonds is 2. The zero-order valence-corrected chi connectivity index (χ0v) is 12.3. The van der Waals surface area contributed by atoms with Crippen LogP contribution in [0.2, 0.25) is 5.02 Å². The van der Waals surface area contributed by atoms with E-state index in [1.807, 2.05) is 0 Å². The van der Waals surface area contributed by atoms with Gasteiger partial charge in [0, 0.05) is 23.5 Å². The summed E-state index contributed by atoms with van der Waals surface area (Å²) in [5.74, 6) is -2.25. The number of esters is 1. The van der Waals surface area contributed by atoms with Crippen LogP contribution in [0.5, 0.6) is 0 Å². The highest BCUT2D eigenvalue weighted by atomic mass is 35.5. The van der Waals surface area contributed by atoms with Gasteiger partial charge in [0.2, 0.25) is 5.76 Å². The van der Waals surface area contributed by atoms with Crippen molar-refractivity contribution in [3.05, 3.63) is 64.8 Å². The first-order valence-electron chi connectivity index (χ1n) is 6.50. The van der Waals surface area contributed by atoms with Gasteiger partial charge < -0.3 is 14.9 Å². The van der Waals surface area contributed by atoms with Crippen molar-refractivity contribution >= 4 is 17.6 Å². The van der Waals surface area contributed by atoms with Gasteiger partial charge in [0.15, 0.2) is 11.4 Å². The SMILES string of the molecule is CC1(c2ccccc2-c2cncc(Cl)c2)OC(=O)C(O)=C1O. The highest BCUT2D eigenvalue weighted by molar-refractivity contribution is 6.30. The Morgan fingerprint density at radius 2 is 1.95 bits per heavy atom. The summed E-state index contributed by atoms with van der Waals surface area (Å²) in [5, 5.41) is 20.2. The summed E-state index contributed by atoms with van der Waals surface area (Å²) in [6, 6.07) is 8.77. The second-order valence-corrected chi connectivity index (χ2v) is 5.49. The van der Waals surface area contributed by atoms with Crippen LogP contribution < -0.4 is 0 Å². The number of aromatic nitrogens is 1. The van der Waals surface area contributed by atoms with Gasteiger partial charge in [0.25, 0.3) is 0 Å². The molecule has 6 heteroatoms. The summed E-state index contributed by atoms with van der Waals surface area (Å²) in [5.41, 5.74) is 0.461. The van der Waals surface area contributed by atoms with Crippen molar-refractivity contribution in [1.29, 1.82) is 0 Å². The van der Waals surface area contributed by atoms with Gasteiger partial charge in [-0.1, -0.05) is 35.9 Å². The molecular formula is C16H12ClNO4. The van der Waals surface area contributed by atoms with E-state index in [-0.39, 0.29) is 0 Å². The minimum atomic E-state index is -1.46. The van der Waals surface area contributed by atoms with Gasteiger partial charge in [0.1, 0.15) is 0 Å². The van der Waals surface area contributed by atoms with E-state index in [9.17, 15) is 15.0 Å². The van der Waals surface area contributed by atoms with Crippen LogP contribution in [0.4, 0.5) is 0 Å². The zero-order valence-electron chi connectivity index (χ0n) is 11.6. The molecule has 0 saturated heterocycles. The van der Waals surface area contributed by atoms with Crippen LogP contribution in [0.25, 0.3) is 11.1 Å². The van der Waals surface area contributed by atoms with Gasteiger partial charge in [-0.2, -0.15) is 0 Å². The average molecular weight is 318 g/mol. The standard InChI is InChI=1S/C16H12ClNO4/c1-16(14(20)13(19)15(21)22-16)12-5-3-2-4-11(12)9-6-10(17)8-18-7-9/h2-8,19-20H,1H3. The molecule has 1 aliphatic heterocycles. The number of carbonyl (C=O) groups is 1. The smallest absolute Gasteiger partial charge is 0.378 e. The van der Waals surface area contributed by atoms with Crippen molar-refractivity contribution in [1.82, 2.24) is 4.98 Å². The van der Waals surface area contributed by atoms with E-state index in [0.717, 1.165) is 0 Å². The number of halogens is 1. The quantitative estimate of drug-likeness (QED) is 0.829. The number of aliphatic hydroxyl groups excluding tert-OH is 2. The van der Waals surface area contributed by atoms with E-state index in [1.54, 1.807) is 36.5 Å². The number of ether oxygens (including phenoxy) is 1. The van der Waals surface area contributed by atoms with Crippen molar-refractivity contribution in [2.24, 2.45) is 0 Å². The lowest BCUT2D eigenvalue weighted by Gasteiger charge is -2.26. The molecule has 1 unspecified atom stereocenters. The molecule has 22 heavy (non-hydrogen) atoms. The number of benzene rings is 1. The van der Waals surface area contributed by atoms with Crippen LogP contribution in [-0.4, -0.2) is 21.2 Å². The highest BCUT2D eigenvalue weighted by Crippen LogP contribution is 2.43. The number of aliphatic hydroxyl groups is 2. The van der Waals surface area contributed by atoms with Gasteiger partial charge in [-0.25, -0.2) is 4.79 Å². The molecule has 1 atom stereocenters. The Balaban J connectivity index is 2.20. The lowest BCUT2D eigenvalue weighted by Crippen LogP contribution is -2.26. The second kappa shape index (κ2) is 5.03. The summed E-state index contributed by atoms with van der Waals surface area (Å²) in [6.07, 6.45) is 3.12. The van der Waals surface area contributed by atoms with Crippen molar-refractivity contribution < 1.29 is 19.7 Å². The molecule has 5 nitrogen and oxygen atoms in total. The summed E-state index contributed by atoms with van der Waals surface area (Å²) in [4.78, 5) is 15.6. The molecule has 0 bridgehead atoms. The third-order valence-electron chi connectivity index (χ3n) is 3.62. The molecule has 0 aliphatic carbocycles. The number of hydrogen-bond acceptors (Lipinski definition) is 5. The number of hydrogen-bond donors (Lipinski definition) is 2. The van der Waals surface area contributed by atoms with Gasteiger partial charge in [-0.05, 0) is 18.6 Å². The Morgan fingerprint density at radius 3 is 2.59 bits per heavy atom. The Morgan fingerprint density at radius 1 is 1.23 bits per heavy atom. The Labute approximate surface area is 131 Å². The molecule has 1 aliphatic rings. The fourth-order valence-electron chi connectivity index (χ4n) is 2.50. The maximum absolute atomic E-state index is 11.6. The van der Waals surface area contributed by atoms with E-state index in [1.165, 1.54) is 13.1 Å². The summed E-state index contributed by atoms with van der Waals surface area (Å²) in [7, 11) is 0. The Kier molecular flexibility index (Phi) is 3.30. The molecule has 0 radical (unpaired) electrons. The van der Waals surface area contributed by atoms with Gasteiger partial charge >= 0.3 is 5.97 Å². The third kappa shape index (κ3) is 2.10. The van der Waals surface area contributed by atoms with Crippen LogP contribution in [0, 0.1) is 0 Å². The average Bonchev–Trinajstić information content (AvgIpc) is 2.72. The van der Waals surface area contributed by atoms with Crippen molar-refractivity contribution in [2.45, 2.75) is 12.5 Å². The molecular weight excluding hydrogens is 306 g/mol. The normalized spacial score (nSPS) is 21.1. The largest absolute Gasteiger partial charge is 0.505 e. The number of nitrogens with zero attached hydrogens (tertiary/aromatic N) is 1. The number of cyclic esters (lactones) is 1. The molecule has 0 spiro atoms. The highest BCUT2D eigenvalue weighted by Gasteiger charge is 2.47. The lowest BCUT2D eigenvalue weighted by molar-refractivity contribution is -0.149. The molecule has 0 fully saturated rings. The molecule has 2 heterocycles. The van der Waals surface area contributed by atoms with E-state index >= 15 is 0 Å². The van der Waals surface area contributed by atoms with Crippen LogP contribution in [0.15, 0.2) is 54.2 Å². The van der Waals surface area contributed by atoms with E-state index in [4.69, 9.17) is 16.3 Å². The van der Waals surface area contributed by atoms with E-state index < -0.39 is 23.1 Å². The van der Waals surface area contributed by atoms with Gasteiger partial charge in [-0.15, -0.1) is 0 Å². The van der Waals surface area contributed by atoms with Crippen LogP contribution in [0.3, 0.4) is 0 Å². The predicted molar refractivity (Wildman–Crippen MR) is 80.4 cm³/mol. The second-order valence-electron chi connectivity index (χ2n) is 5.06. The first kappa shape index (κ1) is 14.4. The summed E-state index contributed by atoms with van der Waals surface area (Å²) >= 11 is 5.97. The third-order valence-corrected chi connectivity index (χ3v) is 3.83. The summed E-state index contributed by atoms with van der Waals surface area (Å²) < 4.78 is 5.19. The lowest BCUT2D eigenvalue weighted by atomic mass is 9.87. The van der Waals surface area contributed by atoms with Gasteiger partial charge in [-0.3, -0.25) is 4.98 Å². The van der Waals surface area contributed by atoms with Gasteiger partial charge in [0.05, 0.1) is 5.02 Å². The number of pyridine rings is 1. The minimum Gasteiger partial charge on any atom is -0.505 e. The summed E-state index contributed by atoms with van der Waals surface area (Å²) in [6.45, 7) is 1.51. The molecule has 0 amide bonds. The van der Waals surface area contributed by atoms with Crippen LogP contribution >= 0.6 is 11.6 Å². The first-order chi connectivity index (χ1) is 10.4. The molecule has 1 aromatic carbocycles. The van der Waals surface area contributed by atoms with Crippen molar-refractivity contribution in [3.63, 3.8) is 0 Å². The molecule has 0 saturated carbocycles. The molecule has 3 rings (SSSR count). The van der Waals surface area contributed by atoms with E-state index in [0.29, 0.717) is 21.7 Å². The Bertz CT molecular complexity index is 802. The zero-order chi connectivity index (χ0) is 15.9. The first-order valence-corrected chi connectivity index (χ1v) is 6.87. The predicted octanol–water partition coefficient (Wildman–Crippen LogP) is 3.50. The molecule has 1 aromatic heterocycles. The fourth-order valence-corrected chi connectivity index (χ4v) is 2.67. The number of carbonyl (C=O) groups excluding carboxylic acids is 1. The monoisotopic (exact) mass is 317 g/mol. The maximum atomic E-state index is 11.6. The molecule has 112 valence electrons. The molecule has 2 N–H and O–H groups in total. The minimum absolute atomic E-state index is 0.462. The van der Waals surface area contributed by atoms with Crippen molar-refractivity contribution in [3.8, 4) is 11.1 Å². The maximum Gasteiger partial charge on any atom is 0.378 e. The Hall–Kier alpha value is -2.53. The fraction of sp³-hybridized carbons (Fsp3) is 0.125. The van der Waals surface area contributed by atoms with Crippen LogP contribution in [-0.2, 0) is 15.1 Å². The topological polar surface area (TPSA) is 79.7 Å². The van der Waals surface area contributed by atoms with Crippen molar-refractivity contribution in [2.75, 3.05) is 0 Å². The van der Waals surface area contributed by atoms with Crippen LogP contribution in [0.1, 0.15) is 12.5 Å².